The summed E-state index contributed by atoms with van der Waals surface area (Å²) in [5, 5.41) is 0. The summed E-state index contributed by atoms with van der Waals surface area (Å²) in [7, 11) is -3.93. The van der Waals surface area contributed by atoms with Gasteiger partial charge >= 0.3 is 0 Å². The first-order chi connectivity index (χ1) is 12.0. The van der Waals surface area contributed by atoms with Gasteiger partial charge in [0, 0.05) is 31.2 Å². The Kier molecular flexibility index (Phi) is 5.16. The van der Waals surface area contributed by atoms with Crippen LogP contribution in [0.4, 0.5) is 0 Å². The summed E-state index contributed by atoms with van der Waals surface area (Å²) < 4.78 is 30.8. The van der Waals surface area contributed by atoms with Gasteiger partial charge in [0.15, 0.2) is 0 Å². The monoisotopic (exact) mass is 355 g/mol. The van der Waals surface area contributed by atoms with Gasteiger partial charge in [0.05, 0.1) is 16.3 Å². The van der Waals surface area contributed by atoms with Crippen molar-refractivity contribution in [2.75, 3.05) is 0 Å². The maximum Gasteiger partial charge on any atom is 0.297 e. The van der Waals surface area contributed by atoms with E-state index >= 15 is 0 Å². The van der Waals surface area contributed by atoms with Crippen LogP contribution in [0.2, 0.25) is 0 Å². The Morgan fingerprint density at radius 2 is 1.80 bits per heavy atom. The van der Waals surface area contributed by atoms with Gasteiger partial charge in [-0.05, 0) is 31.2 Å². The number of hydrogen-bond donors (Lipinski definition) is 0. The van der Waals surface area contributed by atoms with Gasteiger partial charge in [0.2, 0.25) is 0 Å². The summed E-state index contributed by atoms with van der Waals surface area (Å²) >= 11 is 0. The smallest absolute Gasteiger partial charge is 0.261 e. The van der Waals surface area contributed by atoms with Gasteiger partial charge in [-0.3, -0.25) is 19.1 Å². The second-order valence-corrected chi connectivity index (χ2v) is 7.08. The molecular formula is C18H17N3O3S. The molecule has 1 aromatic carbocycles. The summed E-state index contributed by atoms with van der Waals surface area (Å²) in [5.41, 5.74) is 2.11. The second-order valence-electron chi connectivity index (χ2n) is 5.51. The van der Waals surface area contributed by atoms with Crippen molar-refractivity contribution in [2.24, 2.45) is 0 Å². The summed E-state index contributed by atoms with van der Waals surface area (Å²) in [6.45, 7) is 1.89. The fraction of sp³-hybridized carbons (Fsp3) is 0.167. The quantitative estimate of drug-likeness (QED) is 0.632. The molecule has 3 rings (SSSR count). The van der Waals surface area contributed by atoms with Crippen LogP contribution in [0.15, 0.2) is 72.1 Å². The summed E-state index contributed by atoms with van der Waals surface area (Å²) in [4.78, 5) is 12.5. The average molecular weight is 355 g/mol. The van der Waals surface area contributed by atoms with Crippen molar-refractivity contribution in [1.82, 2.24) is 15.0 Å². The lowest BCUT2D eigenvalue weighted by atomic mass is 10.1. The number of benzene rings is 1. The molecule has 128 valence electrons. The van der Waals surface area contributed by atoms with Crippen molar-refractivity contribution in [3.05, 3.63) is 84.2 Å². The highest BCUT2D eigenvalue weighted by molar-refractivity contribution is 7.86. The van der Waals surface area contributed by atoms with Crippen molar-refractivity contribution in [1.29, 1.82) is 0 Å². The fourth-order valence-corrected chi connectivity index (χ4v) is 3.35. The van der Waals surface area contributed by atoms with E-state index in [2.05, 4.69) is 15.0 Å². The molecule has 0 saturated carbocycles. The van der Waals surface area contributed by atoms with Crippen molar-refractivity contribution in [3.8, 4) is 0 Å². The molecule has 0 bridgehead atoms. The van der Waals surface area contributed by atoms with E-state index in [9.17, 15) is 8.42 Å². The molecule has 3 aromatic rings. The summed E-state index contributed by atoms with van der Waals surface area (Å²) in [5.74, 6) is 0. The predicted molar refractivity (Wildman–Crippen MR) is 92.2 cm³/mol. The Hall–Kier alpha value is -2.64. The Bertz CT molecular complexity index is 915. The molecule has 0 aliphatic rings. The standard InChI is InChI=1S/C18H17N3O3S/c1-14-5-7-16(8-6-14)25(22,23)24-18(17-4-2-3-9-21-17)12-15-13-19-10-11-20-15/h2-11,13,18H,12H2,1H3. The molecule has 0 radical (unpaired) electrons. The molecule has 0 amide bonds. The van der Waals surface area contributed by atoms with Gasteiger partial charge in [0.25, 0.3) is 10.1 Å². The van der Waals surface area contributed by atoms with E-state index in [0.717, 1.165) is 5.56 Å². The number of aryl methyl sites for hydroxylation is 1. The number of hydrogen-bond acceptors (Lipinski definition) is 6. The van der Waals surface area contributed by atoms with Gasteiger partial charge in [-0.15, -0.1) is 0 Å². The van der Waals surface area contributed by atoms with Crippen molar-refractivity contribution >= 4 is 10.1 Å². The van der Waals surface area contributed by atoms with Crippen LogP contribution in [0.25, 0.3) is 0 Å². The molecule has 0 aliphatic carbocycles. The Morgan fingerprint density at radius 1 is 1.00 bits per heavy atom. The zero-order valence-electron chi connectivity index (χ0n) is 13.6. The summed E-state index contributed by atoms with van der Waals surface area (Å²) in [6, 6.07) is 11.8. The minimum Gasteiger partial charge on any atom is -0.261 e. The molecule has 0 saturated heterocycles. The largest absolute Gasteiger partial charge is 0.297 e. The van der Waals surface area contributed by atoms with Crippen molar-refractivity contribution < 1.29 is 12.6 Å². The molecule has 7 heteroatoms. The normalized spacial score (nSPS) is 12.7. The molecule has 2 aromatic heterocycles. The second kappa shape index (κ2) is 7.50. The van der Waals surface area contributed by atoms with Crippen LogP contribution in [-0.2, 0) is 20.7 Å². The van der Waals surface area contributed by atoms with Gasteiger partial charge in [-0.2, -0.15) is 8.42 Å². The third-order valence-corrected chi connectivity index (χ3v) is 4.92. The van der Waals surface area contributed by atoms with E-state index in [1.165, 1.54) is 12.1 Å². The maximum atomic E-state index is 12.6. The minimum absolute atomic E-state index is 0.109. The Labute approximate surface area is 146 Å². The predicted octanol–water partition coefficient (Wildman–Crippen LogP) is 2.87. The first kappa shape index (κ1) is 17.2. The maximum absolute atomic E-state index is 12.6. The first-order valence-electron chi connectivity index (χ1n) is 7.70. The zero-order chi connectivity index (χ0) is 17.7. The highest BCUT2D eigenvalue weighted by atomic mass is 32.2. The van der Waals surface area contributed by atoms with Crippen molar-refractivity contribution in [3.63, 3.8) is 0 Å². The lowest BCUT2D eigenvalue weighted by Crippen LogP contribution is -2.16. The van der Waals surface area contributed by atoms with E-state index in [1.54, 1.807) is 55.1 Å². The molecule has 0 aliphatic heterocycles. The first-order valence-corrected chi connectivity index (χ1v) is 9.11. The minimum atomic E-state index is -3.93. The topological polar surface area (TPSA) is 82.0 Å². The molecule has 1 atom stereocenters. The Balaban J connectivity index is 1.90. The van der Waals surface area contributed by atoms with Crippen molar-refractivity contribution in [2.45, 2.75) is 24.3 Å². The lowest BCUT2D eigenvalue weighted by Gasteiger charge is -2.17. The van der Waals surface area contributed by atoms with E-state index in [0.29, 0.717) is 11.4 Å². The summed E-state index contributed by atoms with van der Waals surface area (Å²) in [6.07, 6.45) is 5.75. The third kappa shape index (κ3) is 4.46. The highest BCUT2D eigenvalue weighted by Gasteiger charge is 2.25. The fourth-order valence-electron chi connectivity index (χ4n) is 2.29. The number of aromatic nitrogens is 3. The number of rotatable bonds is 6. The van der Waals surface area contributed by atoms with Gasteiger partial charge in [-0.1, -0.05) is 23.8 Å². The van der Waals surface area contributed by atoms with Gasteiger partial charge in [0.1, 0.15) is 6.10 Å². The molecular weight excluding hydrogens is 338 g/mol. The molecule has 25 heavy (non-hydrogen) atoms. The van der Waals surface area contributed by atoms with Crippen LogP contribution in [0.1, 0.15) is 23.1 Å². The van der Waals surface area contributed by atoms with Gasteiger partial charge < -0.3 is 0 Å². The molecule has 0 spiro atoms. The molecule has 2 heterocycles. The molecule has 1 unspecified atom stereocenters. The van der Waals surface area contributed by atoms with Crippen LogP contribution in [0.3, 0.4) is 0 Å². The molecule has 0 fully saturated rings. The van der Waals surface area contributed by atoms with Gasteiger partial charge in [-0.25, -0.2) is 0 Å². The van der Waals surface area contributed by atoms with E-state index < -0.39 is 16.2 Å². The zero-order valence-corrected chi connectivity index (χ0v) is 14.4. The van der Waals surface area contributed by atoms with E-state index in [4.69, 9.17) is 4.18 Å². The number of pyridine rings is 1. The molecule has 0 N–H and O–H groups in total. The van der Waals surface area contributed by atoms with Crippen LogP contribution in [-0.4, -0.2) is 23.4 Å². The Morgan fingerprint density at radius 3 is 2.44 bits per heavy atom. The van der Waals surface area contributed by atoms with Crippen LogP contribution in [0, 0.1) is 6.92 Å². The SMILES string of the molecule is Cc1ccc(S(=O)(=O)OC(Cc2cnccn2)c2ccccn2)cc1. The third-order valence-electron chi connectivity index (χ3n) is 3.58. The average Bonchev–Trinajstić information content (AvgIpc) is 2.63. The van der Waals surface area contributed by atoms with E-state index in [-0.39, 0.29) is 11.3 Å². The number of nitrogens with zero attached hydrogens (tertiary/aromatic N) is 3. The lowest BCUT2D eigenvalue weighted by molar-refractivity contribution is 0.207. The highest BCUT2D eigenvalue weighted by Crippen LogP contribution is 2.25. The molecule has 6 nitrogen and oxygen atoms in total. The van der Waals surface area contributed by atoms with Crippen LogP contribution >= 0.6 is 0 Å². The van der Waals surface area contributed by atoms with Crippen LogP contribution < -0.4 is 0 Å². The van der Waals surface area contributed by atoms with Crippen LogP contribution in [0.5, 0.6) is 0 Å². The van der Waals surface area contributed by atoms with E-state index in [1.807, 2.05) is 6.92 Å².